The van der Waals surface area contributed by atoms with Gasteiger partial charge in [0.25, 0.3) is 5.91 Å². The van der Waals surface area contributed by atoms with E-state index < -0.39 is 0 Å². The fourth-order valence-electron chi connectivity index (χ4n) is 2.99. The molecule has 0 spiro atoms. The van der Waals surface area contributed by atoms with Gasteiger partial charge in [0.1, 0.15) is 0 Å². The van der Waals surface area contributed by atoms with Crippen LogP contribution in [0.15, 0.2) is 13.6 Å². The minimum absolute atomic E-state index is 0.133. The Kier molecular flexibility index (Phi) is 4.31. The van der Waals surface area contributed by atoms with Gasteiger partial charge in [-0.05, 0) is 50.8 Å². The molecule has 1 aromatic heterocycles. The van der Waals surface area contributed by atoms with E-state index in [4.69, 9.17) is 4.74 Å². The molecule has 2 atom stereocenters. The number of thiophene rings is 1. The molecule has 1 aliphatic carbocycles. The molecule has 0 radical (unpaired) electrons. The highest BCUT2D eigenvalue weighted by atomic mass is 79.9. The van der Waals surface area contributed by atoms with Gasteiger partial charge < -0.3 is 9.64 Å². The molecule has 104 valence electrons. The van der Waals surface area contributed by atoms with Crippen LogP contribution in [0.2, 0.25) is 0 Å². The maximum absolute atomic E-state index is 12.7. The summed E-state index contributed by atoms with van der Waals surface area (Å²) in [6.45, 7) is 1.37. The molecule has 6 heteroatoms. The summed E-state index contributed by atoms with van der Waals surface area (Å²) in [5, 5.41) is 0. The number of rotatable bonds is 1. The van der Waals surface area contributed by atoms with Gasteiger partial charge in [-0.2, -0.15) is 0 Å². The number of carbonyl (C=O) groups is 1. The molecule has 3 rings (SSSR count). The fraction of sp³-hybridized carbons (Fsp3) is 0.615. The number of ether oxygens (including phenoxy) is 1. The van der Waals surface area contributed by atoms with Crippen molar-refractivity contribution in [1.82, 2.24) is 4.90 Å². The first kappa shape index (κ1) is 14.0. The van der Waals surface area contributed by atoms with Crippen molar-refractivity contribution in [3.8, 4) is 0 Å². The van der Waals surface area contributed by atoms with E-state index in [9.17, 15) is 4.79 Å². The molecule has 0 aromatic carbocycles. The van der Waals surface area contributed by atoms with E-state index in [1.165, 1.54) is 12.8 Å². The molecule has 19 heavy (non-hydrogen) atoms. The van der Waals surface area contributed by atoms with Crippen molar-refractivity contribution >= 4 is 49.1 Å². The van der Waals surface area contributed by atoms with Crippen molar-refractivity contribution in [3.63, 3.8) is 0 Å². The summed E-state index contributed by atoms with van der Waals surface area (Å²) in [5.74, 6) is 0.133. The van der Waals surface area contributed by atoms with Gasteiger partial charge >= 0.3 is 0 Å². The molecule has 1 amide bonds. The number of fused-ring (bicyclic) bond motifs is 1. The van der Waals surface area contributed by atoms with Crippen LogP contribution >= 0.6 is 43.2 Å². The molecule has 0 bridgehead atoms. The minimum atomic E-state index is 0.133. The van der Waals surface area contributed by atoms with E-state index in [0.29, 0.717) is 13.2 Å². The van der Waals surface area contributed by atoms with Gasteiger partial charge in [-0.15, -0.1) is 11.3 Å². The topological polar surface area (TPSA) is 29.5 Å². The second-order valence-electron chi connectivity index (χ2n) is 5.00. The van der Waals surface area contributed by atoms with Crippen LogP contribution in [0.5, 0.6) is 0 Å². The van der Waals surface area contributed by atoms with Crippen LogP contribution in [0.25, 0.3) is 0 Å². The number of halogens is 2. The number of hydrogen-bond acceptors (Lipinski definition) is 3. The Morgan fingerprint density at radius 3 is 2.89 bits per heavy atom. The van der Waals surface area contributed by atoms with Crippen molar-refractivity contribution in [2.24, 2.45) is 0 Å². The summed E-state index contributed by atoms with van der Waals surface area (Å²) < 4.78 is 7.71. The number of hydrogen-bond donors (Lipinski definition) is 0. The molecular weight excluding hydrogens is 394 g/mol. The third-order valence-electron chi connectivity index (χ3n) is 3.88. The molecule has 1 aliphatic heterocycles. The number of nitrogens with zero attached hydrogens (tertiary/aromatic N) is 1. The fourth-order valence-corrected chi connectivity index (χ4v) is 5.77. The summed E-state index contributed by atoms with van der Waals surface area (Å²) >= 11 is 8.46. The summed E-state index contributed by atoms with van der Waals surface area (Å²) in [4.78, 5) is 14.7. The molecule has 2 unspecified atom stereocenters. The first-order chi connectivity index (χ1) is 9.16. The predicted molar refractivity (Wildman–Crippen MR) is 82.8 cm³/mol. The Bertz CT molecular complexity index is 489. The second kappa shape index (κ2) is 5.84. The summed E-state index contributed by atoms with van der Waals surface area (Å²) in [7, 11) is 0. The van der Waals surface area contributed by atoms with Crippen molar-refractivity contribution in [2.45, 2.75) is 37.8 Å². The van der Waals surface area contributed by atoms with Crippen LogP contribution in [-0.2, 0) is 4.74 Å². The number of morpholine rings is 1. The standard InChI is InChI=1S/C13H15Br2NO2S/c14-11-7-8(12(15)19-11)13(17)16-5-6-18-10-4-2-1-3-9(10)16/h7,9-10H,1-6H2. The third-order valence-corrected chi connectivity index (χ3v) is 6.22. The molecule has 3 nitrogen and oxygen atoms in total. The van der Waals surface area contributed by atoms with Gasteiger partial charge in [0, 0.05) is 6.54 Å². The van der Waals surface area contributed by atoms with E-state index in [2.05, 4.69) is 31.9 Å². The first-order valence-corrected chi connectivity index (χ1v) is 8.94. The summed E-state index contributed by atoms with van der Waals surface area (Å²) in [6, 6.07) is 2.17. The van der Waals surface area contributed by atoms with E-state index in [1.807, 2.05) is 11.0 Å². The van der Waals surface area contributed by atoms with Gasteiger partial charge in [0.15, 0.2) is 0 Å². The molecule has 1 saturated carbocycles. The van der Waals surface area contributed by atoms with Gasteiger partial charge in [0.2, 0.25) is 0 Å². The van der Waals surface area contributed by atoms with Crippen molar-refractivity contribution in [3.05, 3.63) is 19.2 Å². The molecule has 1 aromatic rings. The van der Waals surface area contributed by atoms with E-state index in [0.717, 1.165) is 26.0 Å². The maximum Gasteiger partial charge on any atom is 0.256 e. The highest BCUT2D eigenvalue weighted by Gasteiger charge is 2.37. The lowest BCUT2D eigenvalue weighted by molar-refractivity contribution is -0.0752. The van der Waals surface area contributed by atoms with Crippen molar-refractivity contribution in [1.29, 1.82) is 0 Å². The summed E-state index contributed by atoms with van der Waals surface area (Å²) in [5.41, 5.74) is 0.767. The average molecular weight is 409 g/mol. The molecule has 2 heterocycles. The summed E-state index contributed by atoms with van der Waals surface area (Å²) in [6.07, 6.45) is 4.81. The van der Waals surface area contributed by atoms with Gasteiger partial charge in [-0.1, -0.05) is 12.8 Å². The number of amides is 1. The molecule has 2 aliphatic rings. The normalized spacial score (nSPS) is 27.2. The van der Waals surface area contributed by atoms with E-state index in [-0.39, 0.29) is 18.1 Å². The van der Waals surface area contributed by atoms with Crippen LogP contribution < -0.4 is 0 Å². The maximum atomic E-state index is 12.7. The van der Waals surface area contributed by atoms with E-state index >= 15 is 0 Å². The monoisotopic (exact) mass is 407 g/mol. The molecule has 1 saturated heterocycles. The molecule has 0 N–H and O–H groups in total. The third kappa shape index (κ3) is 2.77. The zero-order chi connectivity index (χ0) is 13.4. The highest BCUT2D eigenvalue weighted by Crippen LogP contribution is 2.35. The van der Waals surface area contributed by atoms with Gasteiger partial charge in [0.05, 0.1) is 31.9 Å². The van der Waals surface area contributed by atoms with Gasteiger partial charge in [-0.25, -0.2) is 0 Å². The first-order valence-electron chi connectivity index (χ1n) is 6.54. The van der Waals surface area contributed by atoms with Crippen LogP contribution in [0.4, 0.5) is 0 Å². The van der Waals surface area contributed by atoms with Crippen LogP contribution in [-0.4, -0.2) is 36.1 Å². The number of carbonyl (C=O) groups excluding carboxylic acids is 1. The van der Waals surface area contributed by atoms with Crippen LogP contribution in [0.3, 0.4) is 0 Å². The SMILES string of the molecule is O=C(c1cc(Br)sc1Br)N1CCOC2CCCCC21. The Labute approximate surface area is 133 Å². The van der Waals surface area contributed by atoms with Crippen LogP contribution in [0, 0.1) is 0 Å². The Balaban J connectivity index is 1.83. The lowest BCUT2D eigenvalue weighted by Crippen LogP contribution is -2.54. The smallest absolute Gasteiger partial charge is 0.256 e. The quantitative estimate of drug-likeness (QED) is 0.701. The zero-order valence-electron chi connectivity index (χ0n) is 10.4. The Morgan fingerprint density at radius 2 is 2.16 bits per heavy atom. The highest BCUT2D eigenvalue weighted by molar-refractivity contribution is 9.12. The largest absolute Gasteiger partial charge is 0.374 e. The van der Waals surface area contributed by atoms with E-state index in [1.54, 1.807) is 11.3 Å². The van der Waals surface area contributed by atoms with Crippen LogP contribution in [0.1, 0.15) is 36.0 Å². The minimum Gasteiger partial charge on any atom is -0.374 e. The average Bonchev–Trinajstić information content (AvgIpc) is 2.76. The zero-order valence-corrected chi connectivity index (χ0v) is 14.4. The van der Waals surface area contributed by atoms with Crippen molar-refractivity contribution < 1.29 is 9.53 Å². The molecule has 2 fully saturated rings. The van der Waals surface area contributed by atoms with Gasteiger partial charge in [-0.3, -0.25) is 4.79 Å². The lowest BCUT2D eigenvalue weighted by Gasteiger charge is -2.43. The lowest BCUT2D eigenvalue weighted by atomic mass is 9.90. The second-order valence-corrected chi connectivity index (χ2v) is 8.75. The molecular formula is C13H15Br2NO2S. The predicted octanol–water partition coefficient (Wildman–Crippen LogP) is 4.06. The Hall–Kier alpha value is 0.0900. The Morgan fingerprint density at radius 1 is 1.37 bits per heavy atom. The van der Waals surface area contributed by atoms with Crippen molar-refractivity contribution in [2.75, 3.05) is 13.2 Å².